The molecule has 0 radical (unpaired) electrons. The van der Waals surface area contributed by atoms with E-state index in [0.29, 0.717) is 5.69 Å². The fraction of sp³-hybridized carbons (Fsp3) is 0.125. The van der Waals surface area contributed by atoms with Crippen LogP contribution >= 0.6 is 0 Å². The van der Waals surface area contributed by atoms with E-state index in [2.05, 4.69) is 5.32 Å². The van der Waals surface area contributed by atoms with Gasteiger partial charge in [-0.25, -0.2) is 0 Å². The second-order valence-corrected chi connectivity index (χ2v) is 4.19. The number of amides is 1. The van der Waals surface area contributed by atoms with E-state index in [1.54, 1.807) is 0 Å². The number of nitrogens with zero attached hydrogens (tertiary/aromatic N) is 3. The second kappa shape index (κ2) is 6.48. The Morgan fingerprint density at radius 1 is 1.29 bits per heavy atom. The Bertz CT molecular complexity index is 517. The minimum atomic E-state index is -4.16. The summed E-state index contributed by atoms with van der Waals surface area (Å²) in [6.07, 6.45) is 0. The third kappa shape index (κ3) is 6.15. The van der Waals surface area contributed by atoms with Crippen molar-refractivity contribution in [3.8, 4) is 0 Å². The standard InChI is InChI=1S/C8H9NO4S.N3/c1-6(10)9-7-2-4-8(5-3-7)14(11,12)13;1-3-2/h2-5H,1H3,(H,9,10)(H,11,12,13);/q;-1. The van der Waals surface area contributed by atoms with Gasteiger partial charge in [0.15, 0.2) is 0 Å². The van der Waals surface area contributed by atoms with Gasteiger partial charge in [-0.1, -0.05) is 0 Å². The fourth-order valence-corrected chi connectivity index (χ4v) is 1.39. The Morgan fingerprint density at radius 3 is 2.00 bits per heavy atom. The second-order valence-electron chi connectivity index (χ2n) is 2.77. The molecule has 0 spiro atoms. The van der Waals surface area contributed by atoms with Gasteiger partial charge in [0.2, 0.25) is 5.91 Å². The minimum absolute atomic E-state index is 0.202. The van der Waals surface area contributed by atoms with Gasteiger partial charge < -0.3 is 16.4 Å². The number of anilines is 1. The number of carbonyl (C=O) groups excluding carboxylic acids is 1. The topological polar surface area (TPSA) is 142 Å². The highest BCUT2D eigenvalue weighted by Gasteiger charge is 2.08. The quantitative estimate of drug-likeness (QED) is 0.360. The molecular formula is C8H9N4O4S-. The van der Waals surface area contributed by atoms with Gasteiger partial charge in [-0.2, -0.15) is 8.42 Å². The van der Waals surface area contributed by atoms with Crippen LogP contribution in [-0.4, -0.2) is 18.9 Å². The van der Waals surface area contributed by atoms with Crippen molar-refractivity contribution in [1.82, 2.24) is 0 Å². The van der Waals surface area contributed by atoms with Gasteiger partial charge in [0.25, 0.3) is 10.1 Å². The number of benzene rings is 1. The molecule has 92 valence electrons. The van der Waals surface area contributed by atoms with E-state index >= 15 is 0 Å². The van der Waals surface area contributed by atoms with E-state index < -0.39 is 10.1 Å². The van der Waals surface area contributed by atoms with Gasteiger partial charge in [-0.15, -0.1) is 0 Å². The highest BCUT2D eigenvalue weighted by molar-refractivity contribution is 7.85. The fourth-order valence-electron chi connectivity index (χ4n) is 0.914. The van der Waals surface area contributed by atoms with E-state index in [1.165, 1.54) is 36.1 Å². The first-order chi connectivity index (χ1) is 7.81. The summed E-state index contributed by atoms with van der Waals surface area (Å²) in [6.45, 7) is 1.34. The zero-order valence-corrected chi connectivity index (χ0v) is 9.55. The van der Waals surface area contributed by atoms with Crippen LogP contribution in [0.3, 0.4) is 0 Å². The van der Waals surface area contributed by atoms with Crippen LogP contribution in [0.5, 0.6) is 0 Å². The molecule has 1 amide bonds. The molecule has 1 rings (SSSR count). The Hall–Kier alpha value is -2.09. The summed E-state index contributed by atoms with van der Waals surface area (Å²) >= 11 is 0. The normalized spacial score (nSPS) is 9.53. The Morgan fingerprint density at radius 2 is 1.71 bits per heavy atom. The molecule has 0 saturated carbocycles. The molecule has 0 heterocycles. The summed E-state index contributed by atoms with van der Waals surface area (Å²) in [7, 11) is -4.16. The number of hydrogen-bond donors (Lipinski definition) is 2. The molecular weight excluding hydrogens is 248 g/mol. The molecule has 9 heteroatoms. The lowest BCUT2D eigenvalue weighted by molar-refractivity contribution is -0.114. The van der Waals surface area contributed by atoms with E-state index in [-0.39, 0.29) is 10.8 Å². The molecule has 0 aliphatic heterocycles. The molecule has 17 heavy (non-hydrogen) atoms. The summed E-state index contributed by atoms with van der Waals surface area (Å²) in [4.78, 5) is 11.9. The van der Waals surface area contributed by atoms with Crippen molar-refractivity contribution >= 4 is 21.7 Å². The van der Waals surface area contributed by atoms with Gasteiger partial charge >= 0.3 is 0 Å². The van der Waals surface area contributed by atoms with E-state index in [9.17, 15) is 13.2 Å². The summed E-state index contributed by atoms with van der Waals surface area (Å²) in [5.41, 5.74) is 14.0. The minimum Gasteiger partial charge on any atom is -0.373 e. The maximum Gasteiger partial charge on any atom is 0.294 e. The van der Waals surface area contributed by atoms with Crippen molar-refractivity contribution in [2.45, 2.75) is 11.8 Å². The SMILES string of the molecule is CC(=O)Nc1ccc(S(=O)(=O)O)cc1.[N-]=[N+]=[N-]. The van der Waals surface area contributed by atoms with Crippen LogP contribution in [0.25, 0.3) is 16.0 Å². The van der Waals surface area contributed by atoms with E-state index in [1.807, 2.05) is 0 Å². The highest BCUT2D eigenvalue weighted by atomic mass is 32.2. The Balaban J connectivity index is 0.000000770. The smallest absolute Gasteiger partial charge is 0.294 e. The third-order valence-electron chi connectivity index (χ3n) is 1.47. The Kier molecular flexibility index (Phi) is 5.69. The van der Waals surface area contributed by atoms with E-state index in [4.69, 9.17) is 15.6 Å². The number of carbonyl (C=O) groups is 1. The largest absolute Gasteiger partial charge is 0.373 e. The molecule has 0 atom stereocenters. The number of nitrogens with one attached hydrogen (secondary N) is 1. The summed E-state index contributed by atoms with van der Waals surface area (Å²) in [5.74, 6) is -0.246. The lowest BCUT2D eigenvalue weighted by Gasteiger charge is -2.01. The maximum atomic E-state index is 10.6. The maximum absolute atomic E-state index is 10.6. The average Bonchev–Trinajstić information content (AvgIpc) is 2.17. The molecule has 2 N–H and O–H groups in total. The highest BCUT2D eigenvalue weighted by Crippen LogP contribution is 2.13. The van der Waals surface area contributed by atoms with Crippen molar-refractivity contribution in [2.24, 2.45) is 0 Å². The predicted octanol–water partition coefficient (Wildman–Crippen LogP) is 1.76. The van der Waals surface area contributed by atoms with Crippen molar-refractivity contribution < 1.29 is 17.8 Å². The summed E-state index contributed by atoms with van der Waals surface area (Å²) in [5, 5.41) is 2.47. The van der Waals surface area contributed by atoms with Gasteiger partial charge in [-0.3, -0.25) is 14.3 Å². The van der Waals surface area contributed by atoms with Crippen LogP contribution < -0.4 is 5.32 Å². The monoisotopic (exact) mass is 257 g/mol. The van der Waals surface area contributed by atoms with Gasteiger partial charge in [0, 0.05) is 12.6 Å². The molecule has 0 bridgehead atoms. The molecule has 0 aliphatic rings. The molecule has 0 saturated heterocycles. The average molecular weight is 257 g/mol. The zero-order chi connectivity index (χ0) is 13.5. The first kappa shape index (κ1) is 14.9. The van der Waals surface area contributed by atoms with Crippen molar-refractivity contribution in [3.05, 3.63) is 40.2 Å². The van der Waals surface area contributed by atoms with E-state index in [0.717, 1.165) is 0 Å². The van der Waals surface area contributed by atoms with Gasteiger partial charge in [0.05, 0.1) is 4.90 Å². The van der Waals surface area contributed by atoms with Crippen LogP contribution in [0, 0.1) is 0 Å². The van der Waals surface area contributed by atoms with Crippen LogP contribution in [0.1, 0.15) is 6.92 Å². The number of rotatable bonds is 2. The van der Waals surface area contributed by atoms with Crippen LogP contribution in [0.2, 0.25) is 0 Å². The molecule has 1 aromatic carbocycles. The van der Waals surface area contributed by atoms with Crippen molar-refractivity contribution in [1.29, 1.82) is 0 Å². The summed E-state index contributed by atoms with van der Waals surface area (Å²) < 4.78 is 29.9. The number of hydrogen-bond acceptors (Lipinski definition) is 3. The third-order valence-corrected chi connectivity index (χ3v) is 2.34. The molecule has 1 aromatic rings. The molecule has 0 unspecified atom stereocenters. The molecule has 0 aromatic heterocycles. The van der Waals surface area contributed by atoms with Crippen molar-refractivity contribution in [2.75, 3.05) is 5.32 Å². The van der Waals surface area contributed by atoms with Crippen LogP contribution in [0.15, 0.2) is 29.2 Å². The predicted molar refractivity (Wildman–Crippen MR) is 60.6 cm³/mol. The first-order valence-corrected chi connectivity index (χ1v) is 5.59. The summed E-state index contributed by atoms with van der Waals surface area (Å²) in [6, 6.07) is 5.20. The lowest BCUT2D eigenvalue weighted by atomic mass is 10.3. The van der Waals surface area contributed by atoms with Gasteiger partial charge in [0.1, 0.15) is 0 Å². The van der Waals surface area contributed by atoms with Crippen molar-refractivity contribution in [3.63, 3.8) is 0 Å². The first-order valence-electron chi connectivity index (χ1n) is 4.15. The molecule has 8 nitrogen and oxygen atoms in total. The Labute approximate surface area is 97.4 Å². The molecule has 0 fully saturated rings. The lowest BCUT2D eigenvalue weighted by Crippen LogP contribution is -2.06. The van der Waals surface area contributed by atoms with Gasteiger partial charge in [-0.05, 0) is 24.3 Å². The van der Waals surface area contributed by atoms with Crippen LogP contribution in [-0.2, 0) is 14.9 Å². The van der Waals surface area contributed by atoms with Crippen LogP contribution in [0.4, 0.5) is 5.69 Å². The zero-order valence-electron chi connectivity index (χ0n) is 8.73. The molecule has 0 aliphatic carbocycles.